The van der Waals surface area contributed by atoms with Crippen molar-refractivity contribution in [3.05, 3.63) is 252 Å². The SMILES string of the molecule is Cc1cc(C)c(C#N)c(-c2ccc(-n3c4ccccc4c4c5c6ccc(-c7cc(C#N)c(-c8ccc(-n9c%10ccccc%10c%10c%11c(ccc%109)C(C)(C)c9ccccc9-%11)cc8)cc7-c7ccccc7)cc6n(C)c5ccc43)cc2)c1. The summed E-state index contributed by atoms with van der Waals surface area (Å²) in [5, 5.41) is 28.5. The smallest absolute Gasteiger partial charge is 0.100 e. The molecule has 0 saturated heterocycles. The molecule has 15 rings (SSSR count). The molecule has 0 saturated carbocycles. The minimum atomic E-state index is -0.0953. The van der Waals surface area contributed by atoms with E-state index in [0.29, 0.717) is 11.1 Å². The van der Waals surface area contributed by atoms with Gasteiger partial charge in [-0.1, -0.05) is 165 Å². The summed E-state index contributed by atoms with van der Waals surface area (Å²) in [5.74, 6) is 0. The number of hydrogen-bond donors (Lipinski definition) is 0. The predicted octanol–water partition coefficient (Wildman–Crippen LogP) is 18.9. The number of aryl methyl sites for hydroxylation is 3. The molecule has 1 aliphatic rings. The van der Waals surface area contributed by atoms with Crippen molar-refractivity contribution in [2.75, 3.05) is 0 Å². The second kappa shape index (κ2) is 17.2. The number of hydrogen-bond acceptors (Lipinski definition) is 2. The molecule has 372 valence electrons. The van der Waals surface area contributed by atoms with Crippen LogP contribution >= 0.6 is 0 Å². The zero-order chi connectivity index (χ0) is 53.4. The normalized spacial score (nSPS) is 12.7. The van der Waals surface area contributed by atoms with Gasteiger partial charge in [-0.3, -0.25) is 0 Å². The standard InChI is InChI=1S/C74H51N5/c1-44-37-45(2)61(43-76)58(38-44)48-25-30-52(31-26-48)79-65-22-14-11-19-55(65)73-68(79)36-35-66-71(73)56-32-27-49(40-69(56)77(66)5)59-39-50(42-75)57(41-60(59)46-15-7-6-8-16-46)47-23-28-51(29-24-47)78-64-21-13-10-18-54(64)72-67(78)34-33-63-70(72)53-17-9-12-20-62(53)74(63,3)4/h6-41H,1-5H3. The van der Waals surface area contributed by atoms with Gasteiger partial charge in [-0.05, 0) is 153 Å². The molecular weight excluding hydrogens is 959 g/mol. The third kappa shape index (κ3) is 6.67. The van der Waals surface area contributed by atoms with Gasteiger partial charge >= 0.3 is 0 Å². The van der Waals surface area contributed by atoms with Crippen LogP contribution in [0.25, 0.3) is 132 Å². The maximum absolute atomic E-state index is 11.1. The largest absolute Gasteiger partial charge is 0.344 e. The molecule has 11 aromatic carbocycles. The van der Waals surface area contributed by atoms with Crippen molar-refractivity contribution >= 4 is 65.4 Å². The predicted molar refractivity (Wildman–Crippen MR) is 327 cm³/mol. The van der Waals surface area contributed by atoms with Crippen LogP contribution in [-0.4, -0.2) is 13.7 Å². The Kier molecular flexibility index (Phi) is 10.0. The van der Waals surface area contributed by atoms with Crippen molar-refractivity contribution < 1.29 is 0 Å². The number of nitriles is 2. The molecular formula is C74H51N5. The van der Waals surface area contributed by atoms with Crippen LogP contribution in [0.4, 0.5) is 0 Å². The summed E-state index contributed by atoms with van der Waals surface area (Å²) >= 11 is 0. The molecule has 79 heavy (non-hydrogen) atoms. The number of benzene rings is 11. The maximum Gasteiger partial charge on any atom is 0.100 e. The van der Waals surface area contributed by atoms with E-state index in [1.165, 1.54) is 65.6 Å². The molecule has 1 aliphatic carbocycles. The van der Waals surface area contributed by atoms with Crippen LogP contribution in [0.3, 0.4) is 0 Å². The van der Waals surface area contributed by atoms with Crippen molar-refractivity contribution in [2.45, 2.75) is 33.1 Å². The quantitative estimate of drug-likeness (QED) is 0.167. The molecule has 14 aromatic rings. The van der Waals surface area contributed by atoms with E-state index in [2.05, 4.69) is 272 Å². The average molecular weight is 1010 g/mol. The Balaban J connectivity index is 0.848. The molecule has 0 spiro atoms. The highest BCUT2D eigenvalue weighted by Gasteiger charge is 2.37. The number of para-hydroxylation sites is 2. The number of aromatic nitrogens is 3. The van der Waals surface area contributed by atoms with Gasteiger partial charge in [0.2, 0.25) is 0 Å². The van der Waals surface area contributed by atoms with Gasteiger partial charge in [0.05, 0.1) is 39.3 Å². The van der Waals surface area contributed by atoms with E-state index in [1.54, 1.807) is 0 Å². The van der Waals surface area contributed by atoms with Gasteiger partial charge in [-0.2, -0.15) is 10.5 Å². The summed E-state index contributed by atoms with van der Waals surface area (Å²) in [6.45, 7) is 8.78. The molecule has 0 N–H and O–H groups in total. The second-order valence-corrected chi connectivity index (χ2v) is 22.0. The topological polar surface area (TPSA) is 62.4 Å². The zero-order valence-corrected chi connectivity index (χ0v) is 44.5. The van der Waals surface area contributed by atoms with Crippen molar-refractivity contribution in [3.8, 4) is 79.1 Å². The Bertz CT molecular complexity index is 5010. The Labute approximate surface area is 458 Å². The van der Waals surface area contributed by atoms with E-state index in [0.717, 1.165) is 89.1 Å². The lowest BCUT2D eigenvalue weighted by Crippen LogP contribution is -2.14. The lowest BCUT2D eigenvalue weighted by molar-refractivity contribution is 0.661. The molecule has 0 fully saturated rings. The molecule has 0 radical (unpaired) electrons. The summed E-state index contributed by atoms with van der Waals surface area (Å²) < 4.78 is 7.09. The van der Waals surface area contributed by atoms with Crippen molar-refractivity contribution in [2.24, 2.45) is 7.05 Å². The van der Waals surface area contributed by atoms with Gasteiger partial charge in [-0.25, -0.2) is 0 Å². The molecule has 0 aliphatic heterocycles. The van der Waals surface area contributed by atoms with E-state index in [-0.39, 0.29) is 5.41 Å². The average Bonchev–Trinajstić information content (AvgIpc) is 3.35. The second-order valence-electron chi connectivity index (χ2n) is 22.0. The highest BCUT2D eigenvalue weighted by molar-refractivity contribution is 6.29. The first-order valence-corrected chi connectivity index (χ1v) is 27.1. The maximum atomic E-state index is 11.1. The Morgan fingerprint density at radius 2 is 0.924 bits per heavy atom. The third-order valence-electron chi connectivity index (χ3n) is 17.3. The lowest BCUT2D eigenvalue weighted by Gasteiger charge is -2.21. The summed E-state index contributed by atoms with van der Waals surface area (Å²) in [4.78, 5) is 0. The van der Waals surface area contributed by atoms with Crippen LogP contribution in [0.5, 0.6) is 0 Å². The van der Waals surface area contributed by atoms with Crippen molar-refractivity contribution in [3.63, 3.8) is 0 Å². The molecule has 3 aromatic heterocycles. The Morgan fingerprint density at radius 1 is 0.380 bits per heavy atom. The van der Waals surface area contributed by atoms with Crippen molar-refractivity contribution in [1.82, 2.24) is 13.7 Å². The van der Waals surface area contributed by atoms with Crippen LogP contribution in [0, 0.1) is 36.5 Å². The fraction of sp³-hybridized carbons (Fsp3) is 0.0811. The fourth-order valence-electron chi connectivity index (χ4n) is 13.7. The third-order valence-corrected chi connectivity index (χ3v) is 17.3. The molecule has 0 atom stereocenters. The van der Waals surface area contributed by atoms with Crippen LogP contribution < -0.4 is 0 Å². The van der Waals surface area contributed by atoms with Crippen LogP contribution in [0.1, 0.15) is 47.2 Å². The molecule has 3 heterocycles. The first kappa shape index (κ1) is 46.1. The van der Waals surface area contributed by atoms with Gasteiger partial charge < -0.3 is 13.7 Å². The van der Waals surface area contributed by atoms with E-state index in [1.807, 2.05) is 6.92 Å². The van der Waals surface area contributed by atoms with Crippen molar-refractivity contribution in [1.29, 1.82) is 10.5 Å². The Morgan fingerprint density at radius 3 is 1.62 bits per heavy atom. The summed E-state index contributed by atoms with van der Waals surface area (Å²) in [6, 6.07) is 83.9. The number of fused-ring (bicyclic) bond motifs is 14. The Hall–Kier alpha value is -10.2. The molecule has 0 unspecified atom stereocenters. The van der Waals surface area contributed by atoms with Crippen LogP contribution in [0.15, 0.2) is 218 Å². The monoisotopic (exact) mass is 1010 g/mol. The lowest BCUT2D eigenvalue weighted by atomic mass is 9.82. The molecule has 5 heteroatoms. The minimum absolute atomic E-state index is 0.0953. The van der Waals surface area contributed by atoms with Gasteiger partial charge in [0, 0.05) is 72.8 Å². The highest BCUT2D eigenvalue weighted by atomic mass is 15.0. The summed E-state index contributed by atoms with van der Waals surface area (Å²) in [5.41, 5.74) is 25.8. The number of nitrogens with zero attached hydrogens (tertiary/aromatic N) is 5. The molecule has 0 bridgehead atoms. The van der Waals surface area contributed by atoms with Gasteiger partial charge in [0.15, 0.2) is 0 Å². The summed E-state index contributed by atoms with van der Waals surface area (Å²) in [7, 11) is 2.16. The van der Waals surface area contributed by atoms with E-state index >= 15 is 0 Å². The first-order valence-electron chi connectivity index (χ1n) is 27.1. The zero-order valence-electron chi connectivity index (χ0n) is 44.5. The highest BCUT2D eigenvalue weighted by Crippen LogP contribution is 2.53. The molecule has 5 nitrogen and oxygen atoms in total. The molecule has 0 amide bonds. The van der Waals surface area contributed by atoms with Gasteiger partial charge in [0.25, 0.3) is 0 Å². The van der Waals surface area contributed by atoms with Gasteiger partial charge in [0.1, 0.15) is 6.07 Å². The van der Waals surface area contributed by atoms with Gasteiger partial charge in [-0.15, -0.1) is 0 Å². The van der Waals surface area contributed by atoms with E-state index < -0.39 is 0 Å². The first-order chi connectivity index (χ1) is 38.6. The van der Waals surface area contributed by atoms with E-state index in [9.17, 15) is 10.5 Å². The fourth-order valence-corrected chi connectivity index (χ4v) is 13.7. The van der Waals surface area contributed by atoms with E-state index in [4.69, 9.17) is 0 Å². The minimum Gasteiger partial charge on any atom is -0.344 e. The van der Waals surface area contributed by atoms with Crippen LogP contribution in [-0.2, 0) is 12.5 Å². The number of rotatable bonds is 6. The summed E-state index contributed by atoms with van der Waals surface area (Å²) in [6.07, 6.45) is 0. The van der Waals surface area contributed by atoms with Crippen LogP contribution in [0.2, 0.25) is 0 Å².